The number of thiophene rings is 1. The van der Waals surface area contributed by atoms with Crippen LogP contribution in [-0.2, 0) is 16.6 Å². The summed E-state index contributed by atoms with van der Waals surface area (Å²) in [5.74, 6) is 0.606. The molecule has 0 radical (unpaired) electrons. The highest BCUT2D eigenvalue weighted by molar-refractivity contribution is 9.10. The van der Waals surface area contributed by atoms with Crippen molar-refractivity contribution in [1.29, 1.82) is 0 Å². The van der Waals surface area contributed by atoms with Crippen LogP contribution in [-0.4, -0.2) is 43.2 Å². The summed E-state index contributed by atoms with van der Waals surface area (Å²) in [5.41, 5.74) is 0.583. The quantitative estimate of drug-likeness (QED) is 0.715. The van der Waals surface area contributed by atoms with E-state index in [-0.39, 0.29) is 16.3 Å². The van der Waals surface area contributed by atoms with Gasteiger partial charge < -0.3 is 5.32 Å². The number of benzene rings is 1. The zero-order valence-corrected chi connectivity index (χ0v) is 17.6. The predicted octanol–water partition coefficient (Wildman–Crippen LogP) is 3.32. The SMILES string of the molecule is O=C(NCc1cc(F)cc(Br)c1)c1sccc1S(=O)(=O)N1CCSCC1. The molecule has 0 saturated carbocycles. The van der Waals surface area contributed by atoms with E-state index >= 15 is 0 Å². The number of thioether (sulfide) groups is 1. The molecular formula is C16H16BrFN2O3S3. The van der Waals surface area contributed by atoms with Crippen LogP contribution in [0.1, 0.15) is 15.2 Å². The van der Waals surface area contributed by atoms with E-state index in [9.17, 15) is 17.6 Å². The van der Waals surface area contributed by atoms with Crippen molar-refractivity contribution in [2.45, 2.75) is 11.4 Å². The van der Waals surface area contributed by atoms with Gasteiger partial charge in [0, 0.05) is 35.6 Å². The van der Waals surface area contributed by atoms with Crippen LogP contribution in [0.4, 0.5) is 4.39 Å². The summed E-state index contributed by atoms with van der Waals surface area (Å²) in [6.45, 7) is 0.995. The number of halogens is 2. The Morgan fingerprint density at radius 3 is 2.69 bits per heavy atom. The topological polar surface area (TPSA) is 66.5 Å². The lowest BCUT2D eigenvalue weighted by molar-refractivity contribution is 0.0951. The zero-order valence-electron chi connectivity index (χ0n) is 13.6. The largest absolute Gasteiger partial charge is 0.347 e. The van der Waals surface area contributed by atoms with Gasteiger partial charge >= 0.3 is 0 Å². The minimum absolute atomic E-state index is 0.0346. The molecule has 1 aliphatic heterocycles. The number of carbonyl (C=O) groups excluding carboxylic acids is 1. The number of nitrogens with zero attached hydrogens (tertiary/aromatic N) is 1. The molecule has 0 aliphatic carbocycles. The number of sulfonamides is 1. The van der Waals surface area contributed by atoms with Crippen LogP contribution in [0.5, 0.6) is 0 Å². The van der Waals surface area contributed by atoms with Crippen molar-refractivity contribution in [2.75, 3.05) is 24.6 Å². The average molecular weight is 479 g/mol. The van der Waals surface area contributed by atoms with Crippen molar-refractivity contribution in [2.24, 2.45) is 0 Å². The molecule has 1 aromatic heterocycles. The highest BCUT2D eigenvalue weighted by atomic mass is 79.9. The summed E-state index contributed by atoms with van der Waals surface area (Å²) < 4.78 is 41.1. The maximum atomic E-state index is 13.4. The van der Waals surface area contributed by atoms with Gasteiger partial charge in [-0.1, -0.05) is 15.9 Å². The molecule has 0 unspecified atom stereocenters. The number of hydrogen-bond donors (Lipinski definition) is 1. The van der Waals surface area contributed by atoms with E-state index in [1.54, 1.807) is 23.2 Å². The Hall–Kier alpha value is -0.940. The van der Waals surface area contributed by atoms with Crippen molar-refractivity contribution in [1.82, 2.24) is 9.62 Å². The molecule has 10 heteroatoms. The van der Waals surface area contributed by atoms with Gasteiger partial charge in [0.05, 0.1) is 0 Å². The van der Waals surface area contributed by atoms with Crippen LogP contribution in [0, 0.1) is 5.82 Å². The van der Waals surface area contributed by atoms with Gasteiger partial charge in [-0.25, -0.2) is 12.8 Å². The van der Waals surface area contributed by atoms with Crippen molar-refractivity contribution in [3.63, 3.8) is 0 Å². The lowest BCUT2D eigenvalue weighted by Gasteiger charge is -2.25. The molecule has 0 spiro atoms. The zero-order chi connectivity index (χ0) is 18.7. The molecule has 1 aromatic carbocycles. The average Bonchev–Trinajstić information content (AvgIpc) is 3.10. The third-order valence-corrected chi connectivity index (χ3v) is 8.18. The molecule has 1 saturated heterocycles. The van der Waals surface area contributed by atoms with E-state index < -0.39 is 21.7 Å². The van der Waals surface area contributed by atoms with Gasteiger partial charge in [0.25, 0.3) is 5.91 Å². The Labute approximate surface area is 168 Å². The fourth-order valence-corrected chi connectivity index (χ4v) is 6.97. The molecular weight excluding hydrogens is 463 g/mol. The summed E-state index contributed by atoms with van der Waals surface area (Å²) in [6.07, 6.45) is 0. The molecule has 1 amide bonds. The summed E-state index contributed by atoms with van der Waals surface area (Å²) in [7, 11) is -3.69. The predicted molar refractivity (Wildman–Crippen MR) is 106 cm³/mol. The van der Waals surface area contributed by atoms with Crippen molar-refractivity contribution in [3.05, 3.63) is 50.4 Å². The molecule has 2 heterocycles. The number of hydrogen-bond acceptors (Lipinski definition) is 5. The molecule has 140 valence electrons. The van der Waals surface area contributed by atoms with Crippen molar-refractivity contribution in [3.8, 4) is 0 Å². The third-order valence-electron chi connectivity index (χ3n) is 3.80. The van der Waals surface area contributed by atoms with Gasteiger partial charge in [-0.05, 0) is 35.2 Å². The molecule has 5 nitrogen and oxygen atoms in total. The molecule has 1 fully saturated rings. The van der Waals surface area contributed by atoms with Crippen molar-refractivity contribution >= 4 is 55.0 Å². The third kappa shape index (κ3) is 4.48. The first-order valence-electron chi connectivity index (χ1n) is 7.76. The van der Waals surface area contributed by atoms with Gasteiger partial charge in [-0.15, -0.1) is 11.3 Å². The Balaban J connectivity index is 1.76. The second-order valence-corrected chi connectivity index (χ2v) is 10.6. The first kappa shape index (κ1) is 19.8. The van der Waals surface area contributed by atoms with E-state index in [1.807, 2.05) is 0 Å². The smallest absolute Gasteiger partial charge is 0.263 e. The second kappa shape index (κ2) is 8.39. The molecule has 3 rings (SSSR count). The minimum atomic E-state index is -3.69. The van der Waals surface area contributed by atoms with E-state index in [0.717, 1.165) is 22.8 Å². The fourth-order valence-electron chi connectivity index (χ4n) is 2.57. The fraction of sp³-hybridized carbons (Fsp3) is 0.312. The standard InChI is InChI=1S/C16H16BrFN2O3S3/c17-12-7-11(8-13(18)9-12)10-19-16(21)15-14(1-4-25-15)26(22,23)20-2-5-24-6-3-20/h1,4,7-9H,2-3,5-6,10H2,(H,19,21). The van der Waals surface area contributed by atoms with Gasteiger partial charge in [-0.2, -0.15) is 16.1 Å². The molecule has 26 heavy (non-hydrogen) atoms. The number of rotatable bonds is 5. The van der Waals surface area contributed by atoms with Gasteiger partial charge in [-0.3, -0.25) is 4.79 Å². The van der Waals surface area contributed by atoms with Crippen LogP contribution in [0.2, 0.25) is 0 Å². The lowest BCUT2D eigenvalue weighted by Crippen LogP contribution is -2.38. The van der Waals surface area contributed by atoms with E-state index in [0.29, 0.717) is 23.1 Å². The minimum Gasteiger partial charge on any atom is -0.347 e. The van der Waals surface area contributed by atoms with Crippen molar-refractivity contribution < 1.29 is 17.6 Å². The molecule has 1 N–H and O–H groups in total. The number of nitrogens with one attached hydrogen (secondary N) is 1. The molecule has 0 bridgehead atoms. The normalized spacial score (nSPS) is 15.8. The summed E-state index contributed by atoms with van der Waals surface area (Å²) in [5, 5.41) is 4.26. The summed E-state index contributed by atoms with van der Waals surface area (Å²) >= 11 is 6.00. The first-order chi connectivity index (χ1) is 12.4. The number of amides is 1. The lowest BCUT2D eigenvalue weighted by atomic mass is 10.2. The van der Waals surface area contributed by atoms with Crippen LogP contribution in [0.3, 0.4) is 0 Å². The van der Waals surface area contributed by atoms with Gasteiger partial charge in [0.2, 0.25) is 10.0 Å². The maximum absolute atomic E-state index is 13.4. The Morgan fingerprint density at radius 2 is 2.00 bits per heavy atom. The Kier molecular flexibility index (Phi) is 6.39. The van der Waals surface area contributed by atoms with Gasteiger partial charge in [0.1, 0.15) is 15.6 Å². The highest BCUT2D eigenvalue weighted by Gasteiger charge is 2.31. The van der Waals surface area contributed by atoms with Crippen LogP contribution in [0.15, 0.2) is 39.0 Å². The molecule has 0 atom stereocenters. The van der Waals surface area contributed by atoms with Gasteiger partial charge in [0.15, 0.2) is 0 Å². The maximum Gasteiger partial charge on any atom is 0.263 e. The van der Waals surface area contributed by atoms with E-state index in [2.05, 4.69) is 21.2 Å². The summed E-state index contributed by atoms with van der Waals surface area (Å²) in [4.78, 5) is 12.7. The van der Waals surface area contributed by atoms with E-state index in [4.69, 9.17) is 0 Å². The first-order valence-corrected chi connectivity index (χ1v) is 12.0. The van der Waals surface area contributed by atoms with E-state index in [1.165, 1.54) is 22.5 Å². The highest BCUT2D eigenvalue weighted by Crippen LogP contribution is 2.27. The van der Waals surface area contributed by atoms with Crippen LogP contribution >= 0.6 is 39.0 Å². The van der Waals surface area contributed by atoms with Crippen LogP contribution < -0.4 is 5.32 Å². The Bertz CT molecular complexity index is 891. The second-order valence-electron chi connectivity index (χ2n) is 5.59. The molecule has 1 aliphatic rings. The Morgan fingerprint density at radius 1 is 1.27 bits per heavy atom. The molecule has 2 aromatic rings. The van der Waals surface area contributed by atoms with Crippen LogP contribution in [0.25, 0.3) is 0 Å². The number of carbonyl (C=O) groups is 1. The summed E-state index contributed by atoms with van der Waals surface area (Å²) in [6, 6.07) is 5.81. The monoisotopic (exact) mass is 478 g/mol.